The number of hydrogen-bond donors (Lipinski definition) is 2. The van der Waals surface area contributed by atoms with E-state index in [0.29, 0.717) is 5.41 Å². The van der Waals surface area contributed by atoms with Gasteiger partial charge < -0.3 is 15.3 Å². The van der Waals surface area contributed by atoms with Crippen molar-refractivity contribution >= 4 is 12.0 Å². The van der Waals surface area contributed by atoms with Crippen LogP contribution in [0, 0.1) is 5.41 Å². The third-order valence-corrected chi connectivity index (χ3v) is 5.16. The van der Waals surface area contributed by atoms with E-state index in [1.807, 2.05) is 11.8 Å². The number of nitrogens with one attached hydrogen (secondary N) is 1. The Kier molecular flexibility index (Phi) is 5.48. The fourth-order valence-corrected chi connectivity index (χ4v) is 3.86. The Morgan fingerprint density at radius 3 is 2.33 bits per heavy atom. The normalized spacial score (nSPS) is 22.2. The first kappa shape index (κ1) is 16.1. The van der Waals surface area contributed by atoms with Crippen LogP contribution < -0.4 is 5.32 Å². The van der Waals surface area contributed by atoms with E-state index in [0.717, 1.165) is 38.8 Å². The molecule has 21 heavy (non-hydrogen) atoms. The number of rotatable bonds is 5. The van der Waals surface area contributed by atoms with Crippen LogP contribution in [0.15, 0.2) is 0 Å². The van der Waals surface area contributed by atoms with E-state index < -0.39 is 5.97 Å². The molecule has 120 valence electrons. The number of amides is 2. The van der Waals surface area contributed by atoms with Crippen LogP contribution in [0.25, 0.3) is 0 Å². The summed E-state index contributed by atoms with van der Waals surface area (Å²) in [6, 6.07) is -0.329. The van der Waals surface area contributed by atoms with Crippen molar-refractivity contribution in [2.45, 2.75) is 70.8 Å². The highest BCUT2D eigenvalue weighted by Gasteiger charge is 2.38. The van der Waals surface area contributed by atoms with Gasteiger partial charge in [0, 0.05) is 19.1 Å². The third kappa shape index (κ3) is 4.35. The standard InChI is InChI=1S/C16H28N2O3/c1-2-5-13(12-14(19)20)17-15(21)18-10-8-16(9-11-18)6-3-4-7-16/h13H,2-12H2,1H3,(H,17,21)(H,19,20). The lowest BCUT2D eigenvalue weighted by Crippen LogP contribution is -2.49. The van der Waals surface area contributed by atoms with Gasteiger partial charge >= 0.3 is 12.0 Å². The minimum atomic E-state index is -0.850. The molecule has 5 heteroatoms. The summed E-state index contributed by atoms with van der Waals surface area (Å²) in [5, 5.41) is 11.8. The number of carbonyl (C=O) groups excluding carboxylic acids is 1. The minimum Gasteiger partial charge on any atom is -0.481 e. The molecule has 1 aliphatic heterocycles. The molecule has 1 heterocycles. The Morgan fingerprint density at radius 1 is 1.19 bits per heavy atom. The molecule has 0 radical (unpaired) electrons. The van der Waals surface area contributed by atoms with E-state index in [4.69, 9.17) is 5.11 Å². The Labute approximate surface area is 127 Å². The van der Waals surface area contributed by atoms with Gasteiger partial charge in [0.1, 0.15) is 0 Å². The van der Waals surface area contributed by atoms with Gasteiger partial charge in [0.15, 0.2) is 0 Å². The van der Waals surface area contributed by atoms with Crippen molar-refractivity contribution < 1.29 is 14.7 Å². The number of carboxylic acids is 1. The molecule has 2 fully saturated rings. The van der Waals surface area contributed by atoms with Gasteiger partial charge in [-0.3, -0.25) is 4.79 Å². The van der Waals surface area contributed by atoms with Crippen LogP contribution in [0.4, 0.5) is 4.79 Å². The van der Waals surface area contributed by atoms with Crippen LogP contribution in [-0.4, -0.2) is 41.1 Å². The van der Waals surface area contributed by atoms with Gasteiger partial charge in [0.2, 0.25) is 0 Å². The zero-order chi connectivity index (χ0) is 15.3. The summed E-state index contributed by atoms with van der Waals surface area (Å²) in [4.78, 5) is 25.0. The molecule has 0 aromatic heterocycles. The van der Waals surface area contributed by atoms with Crippen molar-refractivity contribution in [3.05, 3.63) is 0 Å². The number of carbonyl (C=O) groups is 2. The molecule has 0 aromatic rings. The number of hydrogen-bond acceptors (Lipinski definition) is 2. The second-order valence-corrected chi connectivity index (χ2v) is 6.73. The van der Waals surface area contributed by atoms with E-state index in [1.54, 1.807) is 0 Å². The van der Waals surface area contributed by atoms with E-state index in [2.05, 4.69) is 5.32 Å². The monoisotopic (exact) mass is 296 g/mol. The van der Waals surface area contributed by atoms with E-state index in [1.165, 1.54) is 25.7 Å². The Balaban J connectivity index is 1.81. The van der Waals surface area contributed by atoms with E-state index in [9.17, 15) is 9.59 Å². The number of piperidine rings is 1. The number of urea groups is 1. The molecule has 1 unspecified atom stereocenters. The second-order valence-electron chi connectivity index (χ2n) is 6.73. The molecule has 1 atom stereocenters. The predicted octanol–water partition coefficient (Wildman–Crippen LogP) is 3.00. The Hall–Kier alpha value is -1.26. The molecule has 2 amide bonds. The van der Waals surface area contributed by atoms with Crippen molar-refractivity contribution in [3.8, 4) is 0 Å². The average molecular weight is 296 g/mol. The summed E-state index contributed by atoms with van der Waals surface area (Å²) in [6.45, 7) is 3.64. The molecule has 2 aliphatic rings. The van der Waals surface area contributed by atoms with Gasteiger partial charge in [0.05, 0.1) is 6.42 Å². The highest BCUT2D eigenvalue weighted by Crippen LogP contribution is 2.46. The quantitative estimate of drug-likeness (QED) is 0.819. The molecule has 2 N–H and O–H groups in total. The minimum absolute atomic E-state index is 0.0113. The van der Waals surface area contributed by atoms with Crippen molar-refractivity contribution in [1.82, 2.24) is 10.2 Å². The summed E-state index contributed by atoms with van der Waals surface area (Å²) in [5.41, 5.74) is 0.501. The van der Waals surface area contributed by atoms with Crippen LogP contribution in [-0.2, 0) is 4.79 Å². The maximum atomic E-state index is 12.3. The molecule has 1 saturated carbocycles. The largest absolute Gasteiger partial charge is 0.481 e. The molecule has 1 aliphatic carbocycles. The molecule has 5 nitrogen and oxygen atoms in total. The van der Waals surface area contributed by atoms with Gasteiger partial charge in [-0.2, -0.15) is 0 Å². The van der Waals surface area contributed by atoms with Gasteiger partial charge in [-0.15, -0.1) is 0 Å². The van der Waals surface area contributed by atoms with Crippen LogP contribution in [0.1, 0.15) is 64.7 Å². The molecule has 2 rings (SSSR count). The first-order chi connectivity index (χ1) is 10.0. The Morgan fingerprint density at radius 2 is 1.81 bits per heavy atom. The number of likely N-dealkylation sites (tertiary alicyclic amines) is 1. The zero-order valence-electron chi connectivity index (χ0n) is 13.1. The van der Waals surface area contributed by atoms with Crippen LogP contribution in [0.5, 0.6) is 0 Å². The van der Waals surface area contributed by atoms with Crippen LogP contribution in [0.3, 0.4) is 0 Å². The van der Waals surface area contributed by atoms with Gasteiger partial charge in [-0.25, -0.2) is 4.79 Å². The summed E-state index contributed by atoms with van der Waals surface area (Å²) < 4.78 is 0. The van der Waals surface area contributed by atoms with Crippen molar-refractivity contribution in [3.63, 3.8) is 0 Å². The van der Waals surface area contributed by atoms with Crippen molar-refractivity contribution in [2.75, 3.05) is 13.1 Å². The number of carboxylic acid groups (broad SMARTS) is 1. The fraction of sp³-hybridized carbons (Fsp3) is 0.875. The Bertz CT molecular complexity index is 368. The van der Waals surface area contributed by atoms with Crippen LogP contribution >= 0.6 is 0 Å². The fourth-order valence-electron chi connectivity index (χ4n) is 3.86. The summed E-state index contributed by atoms with van der Waals surface area (Å²) in [6.07, 6.45) is 9.14. The first-order valence-corrected chi connectivity index (χ1v) is 8.32. The molecular formula is C16H28N2O3. The lowest BCUT2D eigenvalue weighted by Gasteiger charge is -2.39. The lowest BCUT2D eigenvalue weighted by molar-refractivity contribution is -0.137. The summed E-state index contributed by atoms with van der Waals surface area (Å²) in [5.74, 6) is -0.850. The van der Waals surface area contributed by atoms with E-state index in [-0.39, 0.29) is 18.5 Å². The van der Waals surface area contributed by atoms with Gasteiger partial charge in [0.25, 0.3) is 0 Å². The van der Waals surface area contributed by atoms with Crippen LogP contribution in [0.2, 0.25) is 0 Å². The molecule has 1 saturated heterocycles. The highest BCUT2D eigenvalue weighted by molar-refractivity contribution is 5.76. The smallest absolute Gasteiger partial charge is 0.317 e. The molecule has 1 spiro atoms. The average Bonchev–Trinajstić information content (AvgIpc) is 2.87. The summed E-state index contributed by atoms with van der Waals surface area (Å²) in [7, 11) is 0. The van der Waals surface area contributed by atoms with E-state index >= 15 is 0 Å². The highest BCUT2D eigenvalue weighted by atomic mass is 16.4. The third-order valence-electron chi connectivity index (χ3n) is 5.16. The second kappa shape index (κ2) is 7.14. The molecule has 0 aromatic carbocycles. The van der Waals surface area contributed by atoms with Gasteiger partial charge in [-0.05, 0) is 37.5 Å². The lowest BCUT2D eigenvalue weighted by atomic mass is 9.77. The molecule has 0 bridgehead atoms. The van der Waals surface area contributed by atoms with Crippen molar-refractivity contribution in [2.24, 2.45) is 5.41 Å². The molecular weight excluding hydrogens is 268 g/mol. The number of nitrogens with zero attached hydrogens (tertiary/aromatic N) is 1. The zero-order valence-corrected chi connectivity index (χ0v) is 13.1. The first-order valence-electron chi connectivity index (χ1n) is 8.32. The predicted molar refractivity (Wildman–Crippen MR) is 81.2 cm³/mol. The van der Waals surface area contributed by atoms with Crippen molar-refractivity contribution in [1.29, 1.82) is 0 Å². The topological polar surface area (TPSA) is 69.6 Å². The maximum absolute atomic E-state index is 12.3. The SMILES string of the molecule is CCCC(CC(=O)O)NC(=O)N1CCC2(CCCC2)CC1. The number of aliphatic carboxylic acids is 1. The summed E-state index contributed by atoms with van der Waals surface area (Å²) >= 11 is 0. The maximum Gasteiger partial charge on any atom is 0.317 e. The van der Waals surface area contributed by atoms with Gasteiger partial charge in [-0.1, -0.05) is 26.2 Å².